The third kappa shape index (κ3) is 2.98. The lowest BCUT2D eigenvalue weighted by molar-refractivity contribution is 0.122. The second-order valence-electron chi connectivity index (χ2n) is 4.09. The summed E-state index contributed by atoms with van der Waals surface area (Å²) in [6.45, 7) is 9.18. The van der Waals surface area contributed by atoms with Crippen LogP contribution < -0.4 is 4.90 Å². The molecule has 0 saturated carbocycles. The number of morpholine rings is 1. The zero-order valence-electron chi connectivity index (χ0n) is 11.8. The van der Waals surface area contributed by atoms with E-state index in [0.717, 1.165) is 48.8 Å². The molecule has 19 heavy (non-hydrogen) atoms. The maximum absolute atomic E-state index is 5.36. The fourth-order valence-electron chi connectivity index (χ4n) is 2.09. The smallest absolute Gasteiger partial charge is 0.141 e. The molecule has 0 N–H and O–H groups in total. The first-order valence-corrected chi connectivity index (χ1v) is 6.75. The van der Waals surface area contributed by atoms with Crippen molar-refractivity contribution in [1.29, 1.82) is 0 Å². The predicted molar refractivity (Wildman–Crippen MR) is 76.5 cm³/mol. The molecular formula is C14H20N4O. The highest BCUT2D eigenvalue weighted by atomic mass is 16.5. The van der Waals surface area contributed by atoms with Gasteiger partial charge in [-0.25, -0.2) is 9.97 Å². The Morgan fingerprint density at radius 3 is 2.63 bits per heavy atom. The molecule has 2 aromatic rings. The van der Waals surface area contributed by atoms with E-state index in [9.17, 15) is 0 Å². The summed E-state index contributed by atoms with van der Waals surface area (Å²) >= 11 is 0. The van der Waals surface area contributed by atoms with Crippen LogP contribution in [0.15, 0.2) is 18.5 Å². The highest BCUT2D eigenvalue weighted by Crippen LogP contribution is 2.23. The summed E-state index contributed by atoms with van der Waals surface area (Å²) in [5, 5.41) is 1.01. The fraction of sp³-hybridized carbons (Fsp3) is 0.500. The number of fused-ring (bicyclic) bond motifs is 1. The van der Waals surface area contributed by atoms with Gasteiger partial charge in [0.05, 0.1) is 24.1 Å². The van der Waals surface area contributed by atoms with Gasteiger partial charge in [-0.3, -0.25) is 4.98 Å². The molecule has 1 fully saturated rings. The minimum atomic E-state index is 0.755. The third-order valence-electron chi connectivity index (χ3n) is 2.90. The summed E-state index contributed by atoms with van der Waals surface area (Å²) in [5.74, 6) is 1.77. The second kappa shape index (κ2) is 6.43. The Kier molecular flexibility index (Phi) is 4.63. The van der Waals surface area contributed by atoms with Gasteiger partial charge in [0.25, 0.3) is 0 Å². The number of aryl methyl sites for hydroxylation is 1. The molecule has 5 heteroatoms. The van der Waals surface area contributed by atoms with E-state index in [0.29, 0.717) is 0 Å². The maximum atomic E-state index is 5.36. The van der Waals surface area contributed by atoms with Crippen LogP contribution >= 0.6 is 0 Å². The van der Waals surface area contributed by atoms with Crippen LogP contribution in [0.3, 0.4) is 0 Å². The Labute approximate surface area is 113 Å². The molecule has 0 atom stereocenters. The molecule has 102 valence electrons. The van der Waals surface area contributed by atoms with Gasteiger partial charge in [-0.05, 0) is 13.0 Å². The average molecular weight is 260 g/mol. The van der Waals surface area contributed by atoms with Crippen molar-refractivity contribution in [2.24, 2.45) is 0 Å². The van der Waals surface area contributed by atoms with Gasteiger partial charge in [0.2, 0.25) is 0 Å². The first kappa shape index (κ1) is 13.7. The van der Waals surface area contributed by atoms with E-state index >= 15 is 0 Å². The monoisotopic (exact) mass is 260 g/mol. The van der Waals surface area contributed by atoms with Crippen molar-refractivity contribution in [3.63, 3.8) is 0 Å². The number of pyridine rings is 1. The molecule has 0 amide bonds. The molecule has 0 aliphatic carbocycles. The molecule has 5 nitrogen and oxygen atoms in total. The number of hydrogen-bond acceptors (Lipinski definition) is 5. The van der Waals surface area contributed by atoms with E-state index < -0.39 is 0 Å². The Balaban J connectivity index is 0.000000637. The van der Waals surface area contributed by atoms with Crippen molar-refractivity contribution in [3.8, 4) is 0 Å². The second-order valence-corrected chi connectivity index (χ2v) is 4.09. The predicted octanol–water partition coefficient (Wildman–Crippen LogP) is 2.20. The van der Waals surface area contributed by atoms with Gasteiger partial charge in [0.1, 0.15) is 11.6 Å². The Hall–Kier alpha value is -1.75. The van der Waals surface area contributed by atoms with Crippen LogP contribution in [0.1, 0.15) is 19.7 Å². The number of nitrogens with zero attached hydrogens (tertiary/aromatic N) is 4. The zero-order valence-corrected chi connectivity index (χ0v) is 11.8. The number of rotatable bonds is 1. The van der Waals surface area contributed by atoms with E-state index in [1.54, 1.807) is 6.20 Å². The summed E-state index contributed by atoms with van der Waals surface area (Å²) in [4.78, 5) is 15.4. The molecule has 0 aromatic carbocycles. The molecule has 0 spiro atoms. The van der Waals surface area contributed by atoms with Crippen molar-refractivity contribution in [3.05, 3.63) is 24.3 Å². The minimum Gasteiger partial charge on any atom is -0.378 e. The summed E-state index contributed by atoms with van der Waals surface area (Å²) in [5.41, 5.74) is 0.953. The number of anilines is 1. The van der Waals surface area contributed by atoms with E-state index in [1.807, 2.05) is 33.0 Å². The minimum absolute atomic E-state index is 0.755. The van der Waals surface area contributed by atoms with Crippen LogP contribution in [0.4, 0.5) is 5.82 Å². The zero-order chi connectivity index (χ0) is 13.7. The average Bonchev–Trinajstić information content (AvgIpc) is 2.49. The summed E-state index contributed by atoms with van der Waals surface area (Å²) in [7, 11) is 0. The van der Waals surface area contributed by atoms with Gasteiger partial charge < -0.3 is 9.64 Å². The number of hydrogen-bond donors (Lipinski definition) is 0. The SMILES string of the molecule is CC.Cc1nc(N2CCOCC2)c2cnccc2n1. The third-order valence-corrected chi connectivity index (χ3v) is 2.90. The quantitative estimate of drug-likeness (QED) is 0.786. The lowest BCUT2D eigenvalue weighted by Crippen LogP contribution is -2.37. The van der Waals surface area contributed by atoms with Gasteiger partial charge in [-0.2, -0.15) is 0 Å². The fourth-order valence-corrected chi connectivity index (χ4v) is 2.09. The van der Waals surface area contributed by atoms with Crippen LogP contribution in [0, 0.1) is 6.92 Å². The Morgan fingerprint density at radius 2 is 1.89 bits per heavy atom. The molecular weight excluding hydrogens is 240 g/mol. The molecule has 0 unspecified atom stereocenters. The first-order chi connectivity index (χ1) is 9.34. The van der Waals surface area contributed by atoms with E-state index in [1.165, 1.54) is 0 Å². The standard InChI is InChI=1S/C12H14N4O.C2H6/c1-9-14-11-2-3-13-8-10(11)12(15-9)16-4-6-17-7-5-16;1-2/h2-3,8H,4-7H2,1H3;1-2H3. The largest absolute Gasteiger partial charge is 0.378 e. The van der Waals surface area contributed by atoms with Gasteiger partial charge in [-0.15, -0.1) is 0 Å². The van der Waals surface area contributed by atoms with Gasteiger partial charge in [0, 0.05) is 25.5 Å². The van der Waals surface area contributed by atoms with Gasteiger partial charge >= 0.3 is 0 Å². The van der Waals surface area contributed by atoms with Gasteiger partial charge in [0.15, 0.2) is 0 Å². The molecule has 0 bridgehead atoms. The maximum Gasteiger partial charge on any atom is 0.141 e. The van der Waals surface area contributed by atoms with Crippen LogP contribution in [0.2, 0.25) is 0 Å². The van der Waals surface area contributed by atoms with Crippen molar-refractivity contribution in [1.82, 2.24) is 15.0 Å². The Bertz CT molecular complexity index is 538. The molecule has 1 aliphatic rings. The number of ether oxygens (including phenoxy) is 1. The summed E-state index contributed by atoms with van der Waals surface area (Å²) < 4.78 is 5.36. The van der Waals surface area contributed by atoms with Crippen LogP contribution in [0.25, 0.3) is 10.9 Å². The normalized spacial score (nSPS) is 15.0. The highest BCUT2D eigenvalue weighted by Gasteiger charge is 2.16. The lowest BCUT2D eigenvalue weighted by atomic mass is 10.2. The van der Waals surface area contributed by atoms with Gasteiger partial charge in [-0.1, -0.05) is 13.8 Å². The van der Waals surface area contributed by atoms with Crippen molar-refractivity contribution < 1.29 is 4.74 Å². The molecule has 3 heterocycles. The van der Waals surface area contributed by atoms with Crippen molar-refractivity contribution in [2.75, 3.05) is 31.2 Å². The molecule has 0 radical (unpaired) electrons. The van der Waals surface area contributed by atoms with Crippen LogP contribution in [-0.2, 0) is 4.74 Å². The van der Waals surface area contributed by atoms with Crippen molar-refractivity contribution >= 4 is 16.7 Å². The van der Waals surface area contributed by atoms with Crippen LogP contribution in [0.5, 0.6) is 0 Å². The summed E-state index contributed by atoms with van der Waals surface area (Å²) in [6, 6.07) is 1.92. The topological polar surface area (TPSA) is 51.1 Å². The van der Waals surface area contributed by atoms with Crippen LogP contribution in [-0.4, -0.2) is 41.3 Å². The highest BCUT2D eigenvalue weighted by molar-refractivity contribution is 5.88. The summed E-state index contributed by atoms with van der Waals surface area (Å²) in [6.07, 6.45) is 3.59. The molecule has 2 aromatic heterocycles. The Morgan fingerprint density at radius 1 is 1.16 bits per heavy atom. The first-order valence-electron chi connectivity index (χ1n) is 6.75. The number of aromatic nitrogens is 3. The van der Waals surface area contributed by atoms with E-state index in [4.69, 9.17) is 4.74 Å². The van der Waals surface area contributed by atoms with E-state index in [-0.39, 0.29) is 0 Å². The van der Waals surface area contributed by atoms with Crippen molar-refractivity contribution in [2.45, 2.75) is 20.8 Å². The molecule has 1 aliphatic heterocycles. The lowest BCUT2D eigenvalue weighted by Gasteiger charge is -2.28. The van der Waals surface area contributed by atoms with E-state index in [2.05, 4.69) is 19.9 Å². The molecule has 3 rings (SSSR count). The molecule has 1 saturated heterocycles.